The van der Waals surface area contributed by atoms with E-state index in [9.17, 15) is 4.79 Å². The number of nitrogens with zero attached hydrogens (tertiary/aromatic N) is 1. The molecule has 0 aliphatic carbocycles. The van der Waals surface area contributed by atoms with Crippen LogP contribution in [0.25, 0.3) is 11.5 Å². The molecule has 0 aliphatic heterocycles. The number of esters is 1. The van der Waals surface area contributed by atoms with Gasteiger partial charge in [0.1, 0.15) is 6.26 Å². The molecule has 1 heterocycles. The molecule has 0 bridgehead atoms. The van der Waals surface area contributed by atoms with Crippen LogP contribution in [-0.4, -0.2) is 30.3 Å². The number of aromatic nitrogens is 1. The lowest BCUT2D eigenvalue weighted by Gasteiger charge is -2.22. The second-order valence-electron chi connectivity index (χ2n) is 7.38. The number of rotatable bonds is 11. The largest absolute Gasteiger partial charge is 0.467 e. The molecule has 1 aromatic carbocycles. The number of methoxy groups -OCH3 is 1. The molecule has 2 aromatic rings. The average molecular weight is 373 g/mol. The van der Waals surface area contributed by atoms with E-state index in [-0.39, 0.29) is 5.97 Å². The van der Waals surface area contributed by atoms with Crippen molar-refractivity contribution in [3.8, 4) is 11.5 Å². The summed E-state index contributed by atoms with van der Waals surface area (Å²) in [6.07, 6.45) is 8.11. The zero-order chi connectivity index (χ0) is 19.7. The molecule has 0 spiro atoms. The molecule has 0 aliphatic rings. The van der Waals surface area contributed by atoms with Gasteiger partial charge >= 0.3 is 5.97 Å². The molecule has 0 saturated carbocycles. The summed E-state index contributed by atoms with van der Waals surface area (Å²) in [5.41, 5.74) is 2.37. The number of benzene rings is 1. The predicted octanol–water partition coefficient (Wildman–Crippen LogP) is 5.11. The zero-order valence-electron chi connectivity index (χ0n) is 16.9. The van der Waals surface area contributed by atoms with Crippen molar-refractivity contribution in [1.29, 1.82) is 0 Å². The van der Waals surface area contributed by atoms with Crippen molar-refractivity contribution in [2.45, 2.75) is 64.9 Å². The summed E-state index contributed by atoms with van der Waals surface area (Å²) < 4.78 is 16.0. The molecule has 148 valence electrons. The number of aryl methyl sites for hydroxylation is 2. The maximum atomic E-state index is 11.5. The second kappa shape index (κ2) is 10.3. The standard InChI is InChI=1S/C22H31NO4/c1-17-11-10-12-18(15-17)20-23-19(16-26-20)13-8-6-5-7-9-14-27-22(2,3)21(24)25-4/h10-12,15-16H,5-9,13-14H2,1-4H3. The van der Waals surface area contributed by atoms with E-state index in [0.717, 1.165) is 49.8 Å². The van der Waals surface area contributed by atoms with Crippen molar-refractivity contribution in [3.05, 3.63) is 41.8 Å². The molecule has 2 rings (SSSR count). The number of oxazole rings is 1. The lowest BCUT2D eigenvalue weighted by molar-refractivity contribution is -0.165. The van der Waals surface area contributed by atoms with Gasteiger partial charge in [-0.1, -0.05) is 37.0 Å². The first-order chi connectivity index (χ1) is 12.9. The van der Waals surface area contributed by atoms with E-state index in [4.69, 9.17) is 13.9 Å². The molecule has 5 nitrogen and oxygen atoms in total. The van der Waals surface area contributed by atoms with E-state index >= 15 is 0 Å². The molecule has 0 radical (unpaired) electrons. The minimum absolute atomic E-state index is 0.333. The number of hydrogen-bond acceptors (Lipinski definition) is 5. The van der Waals surface area contributed by atoms with E-state index in [1.54, 1.807) is 20.1 Å². The Hall–Kier alpha value is -2.14. The van der Waals surface area contributed by atoms with Crippen molar-refractivity contribution in [1.82, 2.24) is 4.98 Å². The van der Waals surface area contributed by atoms with Crippen LogP contribution in [0.15, 0.2) is 34.9 Å². The van der Waals surface area contributed by atoms with Crippen LogP contribution in [-0.2, 0) is 20.7 Å². The van der Waals surface area contributed by atoms with Gasteiger partial charge in [0.25, 0.3) is 0 Å². The second-order valence-corrected chi connectivity index (χ2v) is 7.38. The number of unbranched alkanes of at least 4 members (excludes halogenated alkanes) is 4. The maximum absolute atomic E-state index is 11.5. The Kier molecular flexibility index (Phi) is 8.04. The number of ether oxygens (including phenoxy) is 2. The monoisotopic (exact) mass is 373 g/mol. The molecule has 27 heavy (non-hydrogen) atoms. The third-order valence-corrected chi connectivity index (χ3v) is 4.53. The van der Waals surface area contributed by atoms with Crippen LogP contribution in [0.4, 0.5) is 0 Å². The predicted molar refractivity (Wildman–Crippen MR) is 106 cm³/mol. The van der Waals surface area contributed by atoms with Crippen molar-refractivity contribution in [3.63, 3.8) is 0 Å². The molecule has 5 heteroatoms. The van der Waals surface area contributed by atoms with Crippen molar-refractivity contribution in [2.24, 2.45) is 0 Å². The van der Waals surface area contributed by atoms with Gasteiger partial charge in [0.15, 0.2) is 5.60 Å². The first kappa shape index (κ1) is 21.2. The summed E-state index contributed by atoms with van der Waals surface area (Å²) in [5, 5.41) is 0. The molecule has 1 aromatic heterocycles. The molecule has 0 saturated heterocycles. The molecule has 0 atom stereocenters. The molecular weight excluding hydrogens is 342 g/mol. The number of carbonyl (C=O) groups is 1. The Morgan fingerprint density at radius 2 is 1.89 bits per heavy atom. The Morgan fingerprint density at radius 3 is 2.63 bits per heavy atom. The van der Waals surface area contributed by atoms with Gasteiger partial charge in [-0.25, -0.2) is 9.78 Å². The highest BCUT2D eigenvalue weighted by atomic mass is 16.6. The number of carbonyl (C=O) groups excluding carboxylic acids is 1. The quantitative estimate of drug-likeness (QED) is 0.404. The lowest BCUT2D eigenvalue weighted by atomic mass is 10.1. The van der Waals surface area contributed by atoms with Crippen molar-refractivity contribution in [2.75, 3.05) is 13.7 Å². The smallest absolute Gasteiger partial charge is 0.337 e. The molecule has 0 unspecified atom stereocenters. The van der Waals surface area contributed by atoms with Crippen LogP contribution >= 0.6 is 0 Å². The first-order valence-electron chi connectivity index (χ1n) is 9.66. The van der Waals surface area contributed by atoms with E-state index < -0.39 is 5.60 Å². The van der Waals surface area contributed by atoms with Gasteiger partial charge in [0.2, 0.25) is 5.89 Å². The fourth-order valence-electron chi connectivity index (χ4n) is 2.90. The molecule has 0 amide bonds. The summed E-state index contributed by atoms with van der Waals surface area (Å²) in [4.78, 5) is 16.1. The van der Waals surface area contributed by atoms with Gasteiger partial charge in [-0.3, -0.25) is 0 Å². The SMILES string of the molecule is COC(=O)C(C)(C)OCCCCCCCc1coc(-c2cccc(C)c2)n1. The van der Waals surface area contributed by atoms with E-state index in [2.05, 4.69) is 24.0 Å². The fraction of sp³-hybridized carbons (Fsp3) is 0.545. The third-order valence-electron chi connectivity index (χ3n) is 4.53. The van der Waals surface area contributed by atoms with Gasteiger partial charge in [0, 0.05) is 12.2 Å². The van der Waals surface area contributed by atoms with Crippen molar-refractivity contribution < 1.29 is 18.7 Å². The van der Waals surface area contributed by atoms with Crippen LogP contribution in [0.3, 0.4) is 0 Å². The Balaban J connectivity index is 1.59. The van der Waals surface area contributed by atoms with E-state index in [1.165, 1.54) is 12.7 Å². The van der Waals surface area contributed by atoms with Crippen LogP contribution in [0, 0.1) is 6.92 Å². The molecular formula is C22H31NO4. The highest BCUT2D eigenvalue weighted by Crippen LogP contribution is 2.20. The summed E-state index contributed by atoms with van der Waals surface area (Å²) in [5.74, 6) is 0.360. The van der Waals surface area contributed by atoms with Gasteiger partial charge in [-0.2, -0.15) is 0 Å². The number of hydrogen-bond donors (Lipinski definition) is 0. The summed E-state index contributed by atoms with van der Waals surface area (Å²) in [6, 6.07) is 8.19. The zero-order valence-corrected chi connectivity index (χ0v) is 16.9. The highest BCUT2D eigenvalue weighted by Gasteiger charge is 2.29. The van der Waals surface area contributed by atoms with E-state index in [1.807, 2.05) is 12.1 Å². The highest BCUT2D eigenvalue weighted by molar-refractivity contribution is 5.78. The van der Waals surface area contributed by atoms with Crippen LogP contribution in [0.2, 0.25) is 0 Å². The normalized spacial score (nSPS) is 11.6. The Morgan fingerprint density at radius 1 is 1.15 bits per heavy atom. The average Bonchev–Trinajstić information content (AvgIpc) is 3.12. The first-order valence-corrected chi connectivity index (χ1v) is 9.66. The van der Waals surface area contributed by atoms with Gasteiger partial charge in [-0.05, 0) is 52.2 Å². The summed E-state index contributed by atoms with van der Waals surface area (Å²) >= 11 is 0. The van der Waals surface area contributed by atoms with Gasteiger partial charge in [-0.15, -0.1) is 0 Å². The summed E-state index contributed by atoms with van der Waals surface area (Å²) in [7, 11) is 1.38. The van der Waals surface area contributed by atoms with Crippen LogP contribution in [0.1, 0.15) is 57.2 Å². The lowest BCUT2D eigenvalue weighted by Crippen LogP contribution is -2.36. The minimum Gasteiger partial charge on any atom is -0.467 e. The minimum atomic E-state index is -0.864. The molecule has 0 fully saturated rings. The molecule has 0 N–H and O–H groups in total. The fourth-order valence-corrected chi connectivity index (χ4v) is 2.90. The van der Waals surface area contributed by atoms with Crippen LogP contribution < -0.4 is 0 Å². The topological polar surface area (TPSA) is 61.6 Å². The van der Waals surface area contributed by atoms with Crippen molar-refractivity contribution >= 4 is 5.97 Å². The van der Waals surface area contributed by atoms with Crippen LogP contribution in [0.5, 0.6) is 0 Å². The van der Waals surface area contributed by atoms with E-state index in [0.29, 0.717) is 12.5 Å². The maximum Gasteiger partial charge on any atom is 0.337 e. The summed E-state index contributed by atoms with van der Waals surface area (Å²) in [6.45, 7) is 6.11. The Bertz CT molecular complexity index is 721. The van der Waals surface area contributed by atoms with Gasteiger partial charge in [0.05, 0.1) is 12.8 Å². The van der Waals surface area contributed by atoms with Gasteiger partial charge < -0.3 is 13.9 Å². The Labute approximate surface area is 162 Å². The third kappa shape index (κ3) is 6.83.